The lowest BCUT2D eigenvalue weighted by Crippen LogP contribution is -2.25. The molecule has 0 saturated carbocycles. The number of rotatable bonds is 12. The van der Waals surface area contributed by atoms with Gasteiger partial charge in [0.15, 0.2) is 18.1 Å². The van der Waals surface area contributed by atoms with Crippen LogP contribution >= 0.6 is 0 Å². The lowest BCUT2D eigenvalue weighted by atomic mass is 10.1. The minimum absolute atomic E-state index is 0.0155. The molecule has 0 radical (unpaired) electrons. The molecular formula is C20H30N2O5. The Bertz CT molecular complexity index is 629. The number of hydrogen-bond acceptors (Lipinski definition) is 5. The van der Waals surface area contributed by atoms with Crippen molar-refractivity contribution >= 4 is 11.8 Å². The second-order valence-corrected chi connectivity index (χ2v) is 6.50. The molecule has 7 heteroatoms. The minimum atomic E-state index is -0.659. The van der Waals surface area contributed by atoms with Gasteiger partial charge < -0.3 is 14.8 Å². The number of unbranched alkanes of at least 4 members (excludes halogenated alkanes) is 2. The van der Waals surface area contributed by atoms with Gasteiger partial charge in [0.05, 0.1) is 7.11 Å². The van der Waals surface area contributed by atoms with Crippen molar-refractivity contribution in [1.82, 2.24) is 10.8 Å². The fourth-order valence-corrected chi connectivity index (χ4v) is 2.32. The van der Waals surface area contributed by atoms with Crippen LogP contribution < -0.4 is 20.3 Å². The molecule has 3 N–H and O–H groups in total. The number of ether oxygens (including phenoxy) is 2. The number of hydroxylamine groups is 1. The Labute approximate surface area is 160 Å². The summed E-state index contributed by atoms with van der Waals surface area (Å²) < 4.78 is 10.5. The van der Waals surface area contributed by atoms with Crippen LogP contribution in [0.3, 0.4) is 0 Å². The van der Waals surface area contributed by atoms with Gasteiger partial charge in [-0.3, -0.25) is 14.8 Å². The molecule has 0 fully saturated rings. The van der Waals surface area contributed by atoms with Crippen LogP contribution in [0.5, 0.6) is 11.5 Å². The molecule has 0 heterocycles. The average Bonchev–Trinajstić information content (AvgIpc) is 2.66. The van der Waals surface area contributed by atoms with Gasteiger partial charge in [-0.1, -0.05) is 32.1 Å². The highest BCUT2D eigenvalue weighted by atomic mass is 16.5. The summed E-state index contributed by atoms with van der Waals surface area (Å²) in [4.78, 5) is 23.0. The molecular weight excluding hydrogens is 348 g/mol. The van der Waals surface area contributed by atoms with Crippen molar-refractivity contribution in [2.75, 3.05) is 13.7 Å². The summed E-state index contributed by atoms with van der Waals surface area (Å²) in [5.41, 5.74) is 2.35. The van der Waals surface area contributed by atoms with E-state index < -0.39 is 5.91 Å². The Balaban J connectivity index is 2.38. The van der Waals surface area contributed by atoms with Crippen molar-refractivity contribution in [3.8, 4) is 11.5 Å². The van der Waals surface area contributed by atoms with E-state index in [0.717, 1.165) is 24.8 Å². The summed E-state index contributed by atoms with van der Waals surface area (Å²) in [7, 11) is 1.49. The number of methoxy groups -OCH3 is 1. The first-order chi connectivity index (χ1) is 13.0. The van der Waals surface area contributed by atoms with E-state index in [4.69, 9.17) is 14.7 Å². The number of allylic oxidation sites excluding steroid dienone is 2. The van der Waals surface area contributed by atoms with Crippen LogP contribution in [0.25, 0.3) is 0 Å². The number of carbonyl (C=O) groups is 2. The van der Waals surface area contributed by atoms with Crippen molar-refractivity contribution in [1.29, 1.82) is 0 Å². The summed E-state index contributed by atoms with van der Waals surface area (Å²) in [6.07, 6.45) is 7.71. The van der Waals surface area contributed by atoms with E-state index >= 15 is 0 Å². The van der Waals surface area contributed by atoms with E-state index in [0.29, 0.717) is 30.4 Å². The van der Waals surface area contributed by atoms with E-state index in [2.05, 4.69) is 31.3 Å². The summed E-state index contributed by atoms with van der Waals surface area (Å²) in [5, 5.41) is 11.4. The fraction of sp³-hybridized carbons (Fsp3) is 0.500. The first-order valence-corrected chi connectivity index (χ1v) is 9.12. The smallest absolute Gasteiger partial charge is 0.281 e. The molecule has 0 aromatic heterocycles. The van der Waals surface area contributed by atoms with Gasteiger partial charge >= 0.3 is 0 Å². The van der Waals surface area contributed by atoms with Crippen LogP contribution in [-0.4, -0.2) is 30.7 Å². The highest BCUT2D eigenvalue weighted by Gasteiger charge is 2.09. The second-order valence-electron chi connectivity index (χ2n) is 6.50. The molecule has 1 rings (SSSR count). The third kappa shape index (κ3) is 9.65. The maximum Gasteiger partial charge on any atom is 0.281 e. The van der Waals surface area contributed by atoms with Gasteiger partial charge in [-0.05, 0) is 42.9 Å². The van der Waals surface area contributed by atoms with Crippen molar-refractivity contribution in [3.63, 3.8) is 0 Å². The van der Waals surface area contributed by atoms with Gasteiger partial charge in [0, 0.05) is 13.0 Å². The summed E-state index contributed by atoms with van der Waals surface area (Å²) in [6, 6.07) is 5.18. The van der Waals surface area contributed by atoms with E-state index in [1.165, 1.54) is 12.6 Å². The number of amides is 2. The Hall–Kier alpha value is -2.54. The zero-order valence-corrected chi connectivity index (χ0v) is 16.3. The van der Waals surface area contributed by atoms with E-state index in [9.17, 15) is 9.59 Å². The Morgan fingerprint density at radius 2 is 1.96 bits per heavy atom. The molecule has 0 saturated heterocycles. The number of hydrogen-bond donors (Lipinski definition) is 3. The van der Waals surface area contributed by atoms with Crippen LogP contribution in [0.1, 0.15) is 45.1 Å². The molecule has 1 aromatic carbocycles. The molecule has 0 unspecified atom stereocenters. The third-order valence-corrected chi connectivity index (χ3v) is 3.75. The first kappa shape index (κ1) is 22.5. The Morgan fingerprint density at radius 3 is 2.63 bits per heavy atom. The SMILES string of the molecule is COc1cc(CNC(=O)CCCC/C=C/C(C)C)ccc1OCC(=O)NO. The molecule has 0 bridgehead atoms. The highest BCUT2D eigenvalue weighted by Crippen LogP contribution is 2.28. The van der Waals surface area contributed by atoms with Crippen LogP contribution in [0, 0.1) is 5.92 Å². The van der Waals surface area contributed by atoms with Crippen LogP contribution in [0.4, 0.5) is 0 Å². The molecule has 150 valence electrons. The van der Waals surface area contributed by atoms with Crippen molar-refractivity contribution < 1.29 is 24.3 Å². The minimum Gasteiger partial charge on any atom is -0.493 e. The number of nitrogens with one attached hydrogen (secondary N) is 2. The van der Waals surface area contributed by atoms with Crippen molar-refractivity contribution in [3.05, 3.63) is 35.9 Å². The van der Waals surface area contributed by atoms with Crippen LogP contribution in [-0.2, 0) is 16.1 Å². The maximum atomic E-state index is 11.9. The molecule has 0 atom stereocenters. The predicted octanol–water partition coefficient (Wildman–Crippen LogP) is 2.97. The number of benzene rings is 1. The predicted molar refractivity (Wildman–Crippen MR) is 103 cm³/mol. The van der Waals surface area contributed by atoms with Crippen molar-refractivity contribution in [2.24, 2.45) is 5.92 Å². The Kier molecular flexibility index (Phi) is 10.6. The maximum absolute atomic E-state index is 11.9. The zero-order valence-electron chi connectivity index (χ0n) is 16.3. The van der Waals surface area contributed by atoms with Crippen molar-refractivity contribution in [2.45, 2.75) is 46.1 Å². The molecule has 1 aromatic rings. The van der Waals surface area contributed by atoms with Crippen LogP contribution in [0.15, 0.2) is 30.4 Å². The highest BCUT2D eigenvalue weighted by molar-refractivity contribution is 5.76. The zero-order chi connectivity index (χ0) is 20.1. The van der Waals surface area contributed by atoms with Gasteiger partial charge in [0.1, 0.15) is 0 Å². The topological polar surface area (TPSA) is 96.9 Å². The monoisotopic (exact) mass is 378 g/mol. The van der Waals surface area contributed by atoms with E-state index in [1.54, 1.807) is 18.2 Å². The quantitative estimate of drug-likeness (QED) is 0.225. The van der Waals surface area contributed by atoms with Gasteiger partial charge in [-0.15, -0.1) is 0 Å². The summed E-state index contributed by atoms with van der Waals surface area (Å²) in [5.74, 6) is 0.749. The van der Waals surface area contributed by atoms with Gasteiger partial charge in [0.25, 0.3) is 5.91 Å². The molecule has 0 aliphatic heterocycles. The van der Waals surface area contributed by atoms with Gasteiger partial charge in [0.2, 0.25) is 5.91 Å². The van der Waals surface area contributed by atoms with Gasteiger partial charge in [-0.25, -0.2) is 5.48 Å². The van der Waals surface area contributed by atoms with E-state index in [-0.39, 0.29) is 12.5 Å². The summed E-state index contributed by atoms with van der Waals surface area (Å²) in [6.45, 7) is 4.35. The molecule has 0 spiro atoms. The Morgan fingerprint density at radius 1 is 1.19 bits per heavy atom. The molecule has 0 aliphatic carbocycles. The third-order valence-electron chi connectivity index (χ3n) is 3.75. The molecule has 27 heavy (non-hydrogen) atoms. The first-order valence-electron chi connectivity index (χ1n) is 9.12. The summed E-state index contributed by atoms with van der Waals surface area (Å²) >= 11 is 0. The molecule has 2 amide bonds. The number of carbonyl (C=O) groups excluding carboxylic acids is 2. The standard InChI is InChI=1S/C20H30N2O5/c1-15(2)8-6-4-5-7-9-19(23)21-13-16-10-11-17(18(12-16)26-3)27-14-20(24)22-25/h6,8,10-12,15,25H,4-5,7,9,13-14H2,1-3H3,(H,21,23)(H,22,24)/b8-6+. The second kappa shape index (κ2) is 12.8. The average molecular weight is 378 g/mol. The van der Waals surface area contributed by atoms with Crippen LogP contribution in [0.2, 0.25) is 0 Å². The normalized spacial score (nSPS) is 10.9. The fourth-order valence-electron chi connectivity index (χ4n) is 2.32. The van der Waals surface area contributed by atoms with Gasteiger partial charge in [-0.2, -0.15) is 0 Å². The molecule has 7 nitrogen and oxygen atoms in total. The lowest BCUT2D eigenvalue weighted by molar-refractivity contribution is -0.131. The van der Waals surface area contributed by atoms with E-state index in [1.807, 2.05) is 0 Å². The largest absolute Gasteiger partial charge is 0.493 e. The lowest BCUT2D eigenvalue weighted by Gasteiger charge is -2.12. The molecule has 0 aliphatic rings.